The molecule has 146 valence electrons. The van der Waals surface area contributed by atoms with Gasteiger partial charge in [0.25, 0.3) is 0 Å². The largest absolute Gasteiger partial charge is 0.367 e. The second-order valence-corrected chi connectivity index (χ2v) is 7.93. The van der Waals surface area contributed by atoms with Gasteiger partial charge in [0.1, 0.15) is 11.6 Å². The summed E-state index contributed by atoms with van der Waals surface area (Å²) in [5.74, 6) is 1.09. The number of primary amides is 1. The number of hydrogen-bond acceptors (Lipinski definition) is 6. The number of nitrogens with two attached hydrogens (primary N) is 2. The van der Waals surface area contributed by atoms with Crippen molar-refractivity contribution >= 4 is 44.8 Å². The fourth-order valence-electron chi connectivity index (χ4n) is 3.44. The van der Waals surface area contributed by atoms with Gasteiger partial charge in [-0.15, -0.1) is 0 Å². The number of halogens is 1. The van der Waals surface area contributed by atoms with E-state index < -0.39 is 5.91 Å². The molecule has 1 aromatic carbocycles. The van der Waals surface area contributed by atoms with Crippen LogP contribution in [0.25, 0.3) is 5.65 Å². The van der Waals surface area contributed by atoms with Crippen molar-refractivity contribution in [1.29, 1.82) is 0 Å². The van der Waals surface area contributed by atoms with E-state index in [0.717, 1.165) is 47.5 Å². The first-order valence-electron chi connectivity index (χ1n) is 9.23. The number of rotatable bonds is 5. The normalized spacial score (nSPS) is 19.5. The Kier molecular flexibility index (Phi) is 5.19. The highest BCUT2D eigenvalue weighted by atomic mass is 79.9. The molecular weight excluding hydrogens is 422 g/mol. The van der Waals surface area contributed by atoms with Crippen LogP contribution in [-0.2, 0) is 0 Å². The van der Waals surface area contributed by atoms with Crippen LogP contribution in [0.1, 0.15) is 36.0 Å². The van der Waals surface area contributed by atoms with Gasteiger partial charge in [-0.25, -0.2) is 4.98 Å². The molecule has 1 aliphatic carbocycles. The zero-order valence-corrected chi connectivity index (χ0v) is 16.8. The zero-order chi connectivity index (χ0) is 19.7. The molecule has 0 saturated heterocycles. The van der Waals surface area contributed by atoms with Gasteiger partial charge in [0, 0.05) is 29.4 Å². The van der Waals surface area contributed by atoms with E-state index in [1.807, 2.05) is 6.07 Å². The summed E-state index contributed by atoms with van der Waals surface area (Å²) in [5, 5.41) is 11.3. The van der Waals surface area contributed by atoms with E-state index in [1.165, 1.54) is 0 Å². The van der Waals surface area contributed by atoms with Gasteiger partial charge < -0.3 is 22.1 Å². The first-order chi connectivity index (χ1) is 13.5. The highest BCUT2D eigenvalue weighted by Gasteiger charge is 2.19. The van der Waals surface area contributed by atoms with E-state index >= 15 is 0 Å². The van der Waals surface area contributed by atoms with Gasteiger partial charge >= 0.3 is 0 Å². The smallest absolute Gasteiger partial charge is 0.248 e. The van der Waals surface area contributed by atoms with Gasteiger partial charge in [0.05, 0.1) is 10.7 Å². The maximum Gasteiger partial charge on any atom is 0.248 e. The molecule has 4 rings (SSSR count). The second-order valence-electron chi connectivity index (χ2n) is 7.08. The Labute approximate surface area is 170 Å². The molecule has 2 aromatic heterocycles. The van der Waals surface area contributed by atoms with E-state index in [9.17, 15) is 4.79 Å². The number of hydrogen-bond donors (Lipinski definition) is 4. The summed E-state index contributed by atoms with van der Waals surface area (Å²) in [6.45, 7) is 0. The maximum absolute atomic E-state index is 11.3. The standard InChI is InChI=1S/C19H22BrN7O/c20-15-10-23-27-17(25-14-5-1-11(2-6-14)18(22)28)9-16(26-19(15)27)24-13-7-3-12(21)4-8-13/h1-2,5-6,9-10,12-13,25H,3-4,7-8,21H2,(H2,22,28)(H,24,26)/t12-,13+. The summed E-state index contributed by atoms with van der Waals surface area (Å²) in [4.78, 5) is 16.0. The number of nitrogens with one attached hydrogen (secondary N) is 2. The summed E-state index contributed by atoms with van der Waals surface area (Å²) < 4.78 is 2.54. The van der Waals surface area contributed by atoms with Crippen molar-refractivity contribution in [3.63, 3.8) is 0 Å². The molecule has 3 aromatic rings. The Morgan fingerprint density at radius 3 is 2.57 bits per heavy atom. The molecule has 0 bridgehead atoms. The van der Waals surface area contributed by atoms with Crippen LogP contribution in [-0.4, -0.2) is 32.6 Å². The number of amides is 1. The summed E-state index contributed by atoms with van der Waals surface area (Å²) in [6, 6.07) is 9.58. The molecule has 1 fully saturated rings. The Morgan fingerprint density at radius 1 is 1.18 bits per heavy atom. The van der Waals surface area contributed by atoms with Crippen molar-refractivity contribution in [2.24, 2.45) is 11.5 Å². The van der Waals surface area contributed by atoms with Crippen LogP contribution >= 0.6 is 15.9 Å². The van der Waals surface area contributed by atoms with Gasteiger partial charge in [-0.05, 0) is 65.9 Å². The van der Waals surface area contributed by atoms with Crippen LogP contribution < -0.4 is 22.1 Å². The predicted octanol–water partition coefficient (Wildman–Crippen LogP) is 3.02. The molecule has 28 heavy (non-hydrogen) atoms. The number of fused-ring (bicyclic) bond motifs is 1. The van der Waals surface area contributed by atoms with Crippen molar-refractivity contribution in [1.82, 2.24) is 14.6 Å². The minimum absolute atomic E-state index is 0.304. The lowest BCUT2D eigenvalue weighted by Gasteiger charge is -2.27. The molecule has 6 N–H and O–H groups in total. The number of carbonyl (C=O) groups excluding carboxylic acids is 1. The molecule has 8 nitrogen and oxygen atoms in total. The lowest BCUT2D eigenvalue weighted by atomic mass is 9.92. The third-order valence-corrected chi connectivity index (χ3v) is 5.55. The zero-order valence-electron chi connectivity index (χ0n) is 15.2. The van der Waals surface area contributed by atoms with Gasteiger partial charge in [-0.1, -0.05) is 0 Å². The van der Waals surface area contributed by atoms with Crippen LogP contribution in [0.3, 0.4) is 0 Å². The van der Waals surface area contributed by atoms with Gasteiger partial charge in [-0.2, -0.15) is 9.61 Å². The Balaban J connectivity index is 1.62. The monoisotopic (exact) mass is 443 g/mol. The van der Waals surface area contributed by atoms with Crippen molar-refractivity contribution in [3.8, 4) is 0 Å². The minimum atomic E-state index is -0.451. The van der Waals surface area contributed by atoms with Crippen LogP contribution in [0.15, 0.2) is 41.0 Å². The summed E-state index contributed by atoms with van der Waals surface area (Å²) in [7, 11) is 0. The second kappa shape index (κ2) is 7.76. The van der Waals surface area contributed by atoms with Crippen LogP contribution in [0.4, 0.5) is 17.3 Å². The summed E-state index contributed by atoms with van der Waals surface area (Å²) in [6.07, 6.45) is 5.83. The van der Waals surface area contributed by atoms with Crippen molar-refractivity contribution in [3.05, 3.63) is 46.6 Å². The van der Waals surface area contributed by atoms with E-state index in [2.05, 4.69) is 31.7 Å². The lowest BCUT2D eigenvalue weighted by molar-refractivity contribution is 0.100. The van der Waals surface area contributed by atoms with Gasteiger partial charge in [0.15, 0.2) is 5.65 Å². The average molecular weight is 444 g/mol. The lowest BCUT2D eigenvalue weighted by Crippen LogP contribution is -2.33. The molecule has 0 unspecified atom stereocenters. The molecule has 0 atom stereocenters. The van der Waals surface area contributed by atoms with E-state index in [-0.39, 0.29) is 0 Å². The van der Waals surface area contributed by atoms with Gasteiger partial charge in [0.2, 0.25) is 5.91 Å². The van der Waals surface area contributed by atoms with E-state index in [4.69, 9.17) is 16.5 Å². The molecule has 0 aliphatic heterocycles. The summed E-state index contributed by atoms with van der Waals surface area (Å²) >= 11 is 3.51. The third kappa shape index (κ3) is 3.95. The molecule has 2 heterocycles. The van der Waals surface area contributed by atoms with Crippen LogP contribution in [0, 0.1) is 0 Å². The molecule has 1 saturated carbocycles. The van der Waals surface area contributed by atoms with Gasteiger partial charge in [-0.3, -0.25) is 4.79 Å². The Hall–Kier alpha value is -2.65. The number of carbonyl (C=O) groups is 1. The fraction of sp³-hybridized carbons (Fsp3) is 0.316. The van der Waals surface area contributed by atoms with Crippen LogP contribution in [0.5, 0.6) is 0 Å². The highest BCUT2D eigenvalue weighted by Crippen LogP contribution is 2.27. The van der Waals surface area contributed by atoms with Crippen LogP contribution in [0.2, 0.25) is 0 Å². The number of nitrogens with zero attached hydrogens (tertiary/aromatic N) is 3. The maximum atomic E-state index is 11.3. The first kappa shape index (κ1) is 18.7. The molecular formula is C19H22BrN7O. The molecule has 0 spiro atoms. The highest BCUT2D eigenvalue weighted by molar-refractivity contribution is 9.10. The third-order valence-electron chi connectivity index (χ3n) is 4.99. The summed E-state index contributed by atoms with van der Waals surface area (Å²) in [5.41, 5.74) is 13.3. The fourth-order valence-corrected chi connectivity index (χ4v) is 3.79. The van der Waals surface area contributed by atoms with E-state index in [1.54, 1.807) is 35.0 Å². The molecule has 0 radical (unpaired) electrons. The Bertz CT molecular complexity index is 993. The first-order valence-corrected chi connectivity index (χ1v) is 10.0. The van der Waals surface area contributed by atoms with Crippen molar-refractivity contribution < 1.29 is 4.79 Å². The molecule has 1 amide bonds. The van der Waals surface area contributed by atoms with Crippen molar-refractivity contribution in [2.45, 2.75) is 37.8 Å². The average Bonchev–Trinajstić information content (AvgIpc) is 3.05. The number of benzene rings is 1. The van der Waals surface area contributed by atoms with Crippen molar-refractivity contribution in [2.75, 3.05) is 10.6 Å². The number of aromatic nitrogens is 3. The molecule has 1 aliphatic rings. The SMILES string of the molecule is NC(=O)c1ccc(Nc2cc(N[C@H]3CC[C@@H](N)CC3)nc3c(Br)cnn23)cc1. The molecule has 9 heteroatoms. The topological polar surface area (TPSA) is 123 Å². The quantitative estimate of drug-likeness (QED) is 0.480. The predicted molar refractivity (Wildman–Crippen MR) is 113 cm³/mol. The Morgan fingerprint density at radius 2 is 1.89 bits per heavy atom. The van der Waals surface area contributed by atoms with E-state index in [0.29, 0.717) is 23.3 Å². The number of anilines is 3. The minimum Gasteiger partial charge on any atom is -0.367 e.